The third-order valence-electron chi connectivity index (χ3n) is 4.18. The highest BCUT2D eigenvalue weighted by atomic mass is 16.3. The Balaban J connectivity index is 2.00. The summed E-state index contributed by atoms with van der Waals surface area (Å²) in [5.41, 5.74) is 1.61. The molecule has 2 atom stereocenters. The Morgan fingerprint density at radius 2 is 1.94 bits per heavy atom. The van der Waals surface area contributed by atoms with Crippen molar-refractivity contribution in [2.24, 2.45) is 11.3 Å². The molecule has 1 aliphatic rings. The molecule has 1 saturated carbocycles. The highest BCUT2D eigenvalue weighted by Crippen LogP contribution is 2.39. The van der Waals surface area contributed by atoms with E-state index in [0.717, 1.165) is 25.8 Å². The van der Waals surface area contributed by atoms with Crippen LogP contribution in [0.25, 0.3) is 0 Å². The first-order chi connectivity index (χ1) is 8.48. The summed E-state index contributed by atoms with van der Waals surface area (Å²) < 4.78 is 0. The molecule has 2 heteroatoms. The van der Waals surface area contributed by atoms with Crippen LogP contribution in [0.15, 0.2) is 30.3 Å². The number of hydrogen-bond acceptors (Lipinski definition) is 2. The Kier molecular flexibility index (Phi) is 3.96. The van der Waals surface area contributed by atoms with Gasteiger partial charge in [-0.3, -0.25) is 0 Å². The van der Waals surface area contributed by atoms with Crippen molar-refractivity contribution < 1.29 is 5.11 Å². The van der Waals surface area contributed by atoms with Gasteiger partial charge in [0, 0.05) is 25.2 Å². The molecule has 0 heterocycles. The molecule has 1 aromatic rings. The van der Waals surface area contributed by atoms with Gasteiger partial charge in [-0.05, 0) is 36.8 Å². The lowest BCUT2D eigenvalue weighted by atomic mass is 9.71. The SMILES string of the molecule is CN(CC1CC(C)(C)CCC1O)c1ccccc1. The van der Waals surface area contributed by atoms with Gasteiger partial charge < -0.3 is 10.0 Å². The summed E-state index contributed by atoms with van der Waals surface area (Å²) in [4.78, 5) is 2.26. The zero-order valence-corrected chi connectivity index (χ0v) is 11.8. The molecule has 100 valence electrons. The summed E-state index contributed by atoms with van der Waals surface area (Å²) in [6.07, 6.45) is 3.06. The van der Waals surface area contributed by atoms with Crippen molar-refractivity contribution in [3.8, 4) is 0 Å². The zero-order chi connectivity index (χ0) is 13.2. The Hall–Kier alpha value is -1.02. The van der Waals surface area contributed by atoms with E-state index in [1.54, 1.807) is 0 Å². The number of rotatable bonds is 3. The molecule has 0 aliphatic heterocycles. The van der Waals surface area contributed by atoms with Crippen LogP contribution in [0, 0.1) is 11.3 Å². The van der Waals surface area contributed by atoms with E-state index in [2.05, 4.69) is 50.1 Å². The summed E-state index contributed by atoms with van der Waals surface area (Å²) >= 11 is 0. The van der Waals surface area contributed by atoms with Gasteiger partial charge in [-0.1, -0.05) is 32.0 Å². The molecule has 0 radical (unpaired) electrons. The van der Waals surface area contributed by atoms with Gasteiger partial charge in [-0.25, -0.2) is 0 Å². The molecular weight excluding hydrogens is 222 g/mol. The molecular formula is C16H25NO. The van der Waals surface area contributed by atoms with Gasteiger partial charge in [0.2, 0.25) is 0 Å². The van der Waals surface area contributed by atoms with E-state index in [9.17, 15) is 5.11 Å². The summed E-state index contributed by atoms with van der Waals surface area (Å²) in [6, 6.07) is 10.4. The largest absolute Gasteiger partial charge is 0.393 e. The average molecular weight is 247 g/mol. The Labute approximate surface area is 111 Å². The van der Waals surface area contributed by atoms with Crippen LogP contribution in [0.5, 0.6) is 0 Å². The van der Waals surface area contributed by atoms with Crippen molar-refractivity contribution in [3.05, 3.63) is 30.3 Å². The van der Waals surface area contributed by atoms with Crippen molar-refractivity contribution in [3.63, 3.8) is 0 Å². The maximum Gasteiger partial charge on any atom is 0.0585 e. The van der Waals surface area contributed by atoms with Crippen LogP contribution in [0.2, 0.25) is 0 Å². The molecule has 2 unspecified atom stereocenters. The lowest BCUT2D eigenvalue weighted by molar-refractivity contribution is 0.0254. The summed E-state index contributed by atoms with van der Waals surface area (Å²) in [6.45, 7) is 5.57. The number of aliphatic hydroxyl groups excluding tert-OH is 1. The third kappa shape index (κ3) is 3.26. The predicted octanol–water partition coefficient (Wildman–Crippen LogP) is 3.31. The van der Waals surface area contributed by atoms with Crippen molar-refractivity contribution in [2.45, 2.75) is 39.2 Å². The van der Waals surface area contributed by atoms with Crippen molar-refractivity contribution in [1.82, 2.24) is 0 Å². The standard InChI is InChI=1S/C16H25NO/c1-16(2)10-9-15(18)13(11-16)12-17(3)14-7-5-4-6-8-14/h4-8,13,15,18H,9-12H2,1-3H3. The highest BCUT2D eigenvalue weighted by molar-refractivity contribution is 5.45. The van der Waals surface area contributed by atoms with Crippen molar-refractivity contribution >= 4 is 5.69 Å². The van der Waals surface area contributed by atoms with E-state index in [1.807, 2.05) is 6.07 Å². The number of aliphatic hydroxyl groups is 1. The summed E-state index contributed by atoms with van der Waals surface area (Å²) in [5, 5.41) is 10.2. The van der Waals surface area contributed by atoms with E-state index in [1.165, 1.54) is 5.69 Å². The van der Waals surface area contributed by atoms with E-state index >= 15 is 0 Å². The molecule has 2 nitrogen and oxygen atoms in total. The van der Waals surface area contributed by atoms with Crippen molar-refractivity contribution in [1.29, 1.82) is 0 Å². The molecule has 1 aliphatic carbocycles. The van der Waals surface area contributed by atoms with Crippen LogP contribution in [0.3, 0.4) is 0 Å². The number of benzene rings is 1. The molecule has 0 amide bonds. The second kappa shape index (κ2) is 5.31. The van der Waals surface area contributed by atoms with Crippen LogP contribution in [-0.2, 0) is 0 Å². The minimum atomic E-state index is -0.135. The van der Waals surface area contributed by atoms with Gasteiger partial charge in [-0.15, -0.1) is 0 Å². The van der Waals surface area contributed by atoms with Crippen LogP contribution >= 0.6 is 0 Å². The monoisotopic (exact) mass is 247 g/mol. The summed E-state index contributed by atoms with van der Waals surface area (Å²) in [5.74, 6) is 0.388. The second-order valence-electron chi connectivity index (χ2n) is 6.45. The Morgan fingerprint density at radius 1 is 1.28 bits per heavy atom. The fourth-order valence-corrected chi connectivity index (χ4v) is 3.05. The van der Waals surface area contributed by atoms with Crippen LogP contribution in [0.4, 0.5) is 5.69 Å². The highest BCUT2D eigenvalue weighted by Gasteiger charge is 2.34. The maximum atomic E-state index is 10.2. The molecule has 1 fully saturated rings. The van der Waals surface area contributed by atoms with Gasteiger partial charge >= 0.3 is 0 Å². The molecule has 0 aromatic heterocycles. The fraction of sp³-hybridized carbons (Fsp3) is 0.625. The van der Waals surface area contributed by atoms with Gasteiger partial charge in [0.1, 0.15) is 0 Å². The number of hydrogen-bond donors (Lipinski definition) is 1. The first kappa shape index (κ1) is 13.4. The maximum absolute atomic E-state index is 10.2. The van der Waals surface area contributed by atoms with Gasteiger partial charge in [0.25, 0.3) is 0 Å². The predicted molar refractivity (Wildman–Crippen MR) is 76.8 cm³/mol. The first-order valence-corrected chi connectivity index (χ1v) is 6.92. The van der Waals surface area contributed by atoms with E-state index < -0.39 is 0 Å². The van der Waals surface area contributed by atoms with Crippen molar-refractivity contribution in [2.75, 3.05) is 18.5 Å². The normalized spacial score (nSPS) is 26.9. The van der Waals surface area contributed by atoms with Gasteiger partial charge in [-0.2, -0.15) is 0 Å². The van der Waals surface area contributed by atoms with Gasteiger partial charge in [0.15, 0.2) is 0 Å². The average Bonchev–Trinajstić information content (AvgIpc) is 2.35. The van der Waals surface area contributed by atoms with E-state index in [-0.39, 0.29) is 6.10 Å². The fourth-order valence-electron chi connectivity index (χ4n) is 3.05. The van der Waals surface area contributed by atoms with Crippen LogP contribution < -0.4 is 4.90 Å². The Morgan fingerprint density at radius 3 is 2.61 bits per heavy atom. The number of nitrogens with zero attached hydrogens (tertiary/aromatic N) is 1. The van der Waals surface area contributed by atoms with Gasteiger partial charge in [0.05, 0.1) is 6.10 Å². The second-order valence-corrected chi connectivity index (χ2v) is 6.45. The minimum Gasteiger partial charge on any atom is -0.393 e. The van der Waals surface area contributed by atoms with E-state index in [4.69, 9.17) is 0 Å². The lowest BCUT2D eigenvalue weighted by Gasteiger charge is -2.40. The molecule has 18 heavy (non-hydrogen) atoms. The molecule has 0 saturated heterocycles. The lowest BCUT2D eigenvalue weighted by Crippen LogP contribution is -2.40. The molecule has 0 bridgehead atoms. The molecule has 0 spiro atoms. The topological polar surface area (TPSA) is 23.5 Å². The van der Waals surface area contributed by atoms with Crippen LogP contribution in [0.1, 0.15) is 33.1 Å². The molecule has 2 rings (SSSR count). The minimum absolute atomic E-state index is 0.135. The number of para-hydroxylation sites is 1. The van der Waals surface area contributed by atoms with E-state index in [0.29, 0.717) is 11.3 Å². The number of anilines is 1. The Bertz CT molecular complexity index is 374. The smallest absolute Gasteiger partial charge is 0.0585 e. The third-order valence-corrected chi connectivity index (χ3v) is 4.18. The van der Waals surface area contributed by atoms with Crippen LogP contribution in [-0.4, -0.2) is 24.8 Å². The summed E-state index contributed by atoms with van der Waals surface area (Å²) in [7, 11) is 2.11. The zero-order valence-electron chi connectivity index (χ0n) is 11.8. The quantitative estimate of drug-likeness (QED) is 0.886. The molecule has 1 aromatic carbocycles. The first-order valence-electron chi connectivity index (χ1n) is 6.92. The molecule has 1 N–H and O–H groups in total.